The zero-order valence-electron chi connectivity index (χ0n) is 13.3. The summed E-state index contributed by atoms with van der Waals surface area (Å²) in [4.78, 5) is 8.89. The highest BCUT2D eigenvalue weighted by atomic mass is 16.5. The first-order valence-electron chi connectivity index (χ1n) is 7.83. The number of benzene rings is 1. The van der Waals surface area contributed by atoms with Crippen LogP contribution in [0.15, 0.2) is 71.5 Å². The highest BCUT2D eigenvalue weighted by Crippen LogP contribution is 2.19. The van der Waals surface area contributed by atoms with Gasteiger partial charge in [-0.3, -0.25) is 9.98 Å². The first kappa shape index (κ1) is 15.2. The van der Waals surface area contributed by atoms with E-state index in [1.165, 1.54) is 5.57 Å². The summed E-state index contributed by atoms with van der Waals surface area (Å²) in [6.07, 6.45) is 12.2. The topological polar surface area (TPSA) is 34.5 Å². The minimum absolute atomic E-state index is 0.874. The van der Waals surface area contributed by atoms with Crippen LogP contribution in [-0.4, -0.2) is 24.4 Å². The van der Waals surface area contributed by atoms with Crippen molar-refractivity contribution in [1.29, 1.82) is 0 Å². The van der Waals surface area contributed by atoms with Gasteiger partial charge in [-0.05, 0) is 48.2 Å². The lowest BCUT2D eigenvalue weighted by Gasteiger charge is -2.15. The van der Waals surface area contributed by atoms with Crippen LogP contribution in [0, 0.1) is 0 Å². The van der Waals surface area contributed by atoms with Gasteiger partial charge in [-0.15, -0.1) is 0 Å². The van der Waals surface area contributed by atoms with Crippen LogP contribution in [-0.2, 0) is 0 Å². The molecular formula is C20H20N2O. The van der Waals surface area contributed by atoms with Crippen molar-refractivity contribution in [1.82, 2.24) is 4.98 Å². The van der Waals surface area contributed by atoms with Gasteiger partial charge < -0.3 is 4.74 Å². The van der Waals surface area contributed by atoms with Gasteiger partial charge in [0.1, 0.15) is 5.75 Å². The summed E-state index contributed by atoms with van der Waals surface area (Å²) in [5.41, 5.74) is 4.59. The number of methoxy groups -OCH3 is 1. The Balaban J connectivity index is 1.78. The summed E-state index contributed by atoms with van der Waals surface area (Å²) in [7, 11) is 1.68. The number of ether oxygens (including phenoxy) is 1. The Labute approximate surface area is 137 Å². The highest BCUT2D eigenvalue weighted by molar-refractivity contribution is 6.13. The van der Waals surface area contributed by atoms with E-state index in [0.29, 0.717) is 0 Å². The second-order valence-corrected chi connectivity index (χ2v) is 5.40. The van der Waals surface area contributed by atoms with E-state index in [4.69, 9.17) is 4.74 Å². The number of allylic oxidation sites excluding steroid dienone is 3. The van der Waals surface area contributed by atoms with Crippen molar-refractivity contribution in [2.45, 2.75) is 12.8 Å². The zero-order chi connectivity index (χ0) is 15.9. The minimum atomic E-state index is 0.874. The average molecular weight is 304 g/mol. The van der Waals surface area contributed by atoms with Gasteiger partial charge in [0, 0.05) is 24.5 Å². The van der Waals surface area contributed by atoms with Gasteiger partial charge in [0.2, 0.25) is 0 Å². The number of pyridine rings is 1. The molecule has 2 heterocycles. The fourth-order valence-electron chi connectivity index (χ4n) is 2.61. The molecule has 0 amide bonds. The van der Waals surface area contributed by atoms with Crippen LogP contribution in [0.25, 0.3) is 6.08 Å². The standard InChI is InChI=1S/C20H20N2O/c1-23-19-11-9-16(10-12-19)5-2-6-17-7-4-14-22-20(17)18-8-3-13-21-15-18/h2-3,5-6,8-13,15H,4,7,14H2,1H3/b5-2+,17-6+. The van der Waals surface area contributed by atoms with Crippen LogP contribution in [0.2, 0.25) is 0 Å². The quantitative estimate of drug-likeness (QED) is 0.843. The SMILES string of the molecule is COc1ccc(/C=C/C=C2\CCCN=C2c2cccnc2)cc1. The monoisotopic (exact) mass is 304 g/mol. The predicted molar refractivity (Wildman–Crippen MR) is 95.0 cm³/mol. The van der Waals surface area contributed by atoms with Crippen molar-refractivity contribution >= 4 is 11.8 Å². The Bertz CT molecular complexity index is 728. The molecule has 1 aliphatic rings. The van der Waals surface area contributed by atoms with Gasteiger partial charge in [0.05, 0.1) is 12.8 Å². The summed E-state index contributed by atoms with van der Waals surface area (Å²) in [5.74, 6) is 0.874. The Hall–Kier alpha value is -2.68. The van der Waals surface area contributed by atoms with Crippen molar-refractivity contribution < 1.29 is 4.74 Å². The van der Waals surface area contributed by atoms with Crippen molar-refractivity contribution in [3.63, 3.8) is 0 Å². The molecule has 0 spiro atoms. The molecule has 3 heteroatoms. The molecule has 0 fully saturated rings. The average Bonchev–Trinajstić information content (AvgIpc) is 2.63. The molecular weight excluding hydrogens is 284 g/mol. The number of hydrogen-bond donors (Lipinski definition) is 0. The number of aliphatic imine (C=N–C) groups is 1. The highest BCUT2D eigenvalue weighted by Gasteiger charge is 2.13. The number of nitrogens with zero attached hydrogens (tertiary/aromatic N) is 2. The van der Waals surface area contributed by atoms with Crippen LogP contribution < -0.4 is 4.74 Å². The summed E-state index contributed by atoms with van der Waals surface area (Å²) < 4.78 is 5.17. The van der Waals surface area contributed by atoms with Gasteiger partial charge in [-0.1, -0.05) is 30.4 Å². The number of aromatic nitrogens is 1. The Morgan fingerprint density at radius 1 is 1.13 bits per heavy atom. The summed E-state index contributed by atoms with van der Waals surface area (Å²) in [6.45, 7) is 0.893. The fourth-order valence-corrected chi connectivity index (χ4v) is 2.61. The van der Waals surface area contributed by atoms with Crippen molar-refractivity contribution in [3.05, 3.63) is 77.6 Å². The Morgan fingerprint density at radius 3 is 2.74 bits per heavy atom. The molecule has 0 bridgehead atoms. The Kier molecular flexibility index (Phi) is 4.99. The third-order valence-electron chi connectivity index (χ3n) is 3.82. The van der Waals surface area contributed by atoms with E-state index in [2.05, 4.69) is 34.3 Å². The molecule has 23 heavy (non-hydrogen) atoms. The van der Waals surface area contributed by atoms with E-state index in [0.717, 1.165) is 42.0 Å². The lowest BCUT2D eigenvalue weighted by atomic mass is 9.96. The minimum Gasteiger partial charge on any atom is -0.497 e. The first-order valence-corrected chi connectivity index (χ1v) is 7.83. The van der Waals surface area contributed by atoms with E-state index in [1.54, 1.807) is 13.3 Å². The second-order valence-electron chi connectivity index (χ2n) is 5.40. The number of hydrogen-bond acceptors (Lipinski definition) is 3. The summed E-state index contributed by atoms with van der Waals surface area (Å²) in [5, 5.41) is 0. The largest absolute Gasteiger partial charge is 0.497 e. The van der Waals surface area contributed by atoms with E-state index in [1.807, 2.05) is 36.5 Å². The molecule has 0 unspecified atom stereocenters. The predicted octanol–water partition coefficient (Wildman–Crippen LogP) is 4.31. The third-order valence-corrected chi connectivity index (χ3v) is 3.82. The van der Waals surface area contributed by atoms with Gasteiger partial charge >= 0.3 is 0 Å². The molecule has 1 aromatic heterocycles. The van der Waals surface area contributed by atoms with Crippen LogP contribution >= 0.6 is 0 Å². The third kappa shape index (κ3) is 3.95. The summed E-state index contributed by atoms with van der Waals surface area (Å²) >= 11 is 0. The van der Waals surface area contributed by atoms with Gasteiger partial charge in [-0.2, -0.15) is 0 Å². The van der Waals surface area contributed by atoms with Gasteiger partial charge in [-0.25, -0.2) is 0 Å². The van der Waals surface area contributed by atoms with E-state index in [-0.39, 0.29) is 0 Å². The molecule has 0 radical (unpaired) electrons. The van der Waals surface area contributed by atoms with E-state index in [9.17, 15) is 0 Å². The van der Waals surface area contributed by atoms with Crippen molar-refractivity contribution in [2.75, 3.05) is 13.7 Å². The maximum absolute atomic E-state index is 5.17. The maximum atomic E-state index is 5.17. The van der Waals surface area contributed by atoms with E-state index >= 15 is 0 Å². The molecule has 0 atom stereocenters. The van der Waals surface area contributed by atoms with Crippen LogP contribution in [0.1, 0.15) is 24.0 Å². The molecule has 1 aliphatic heterocycles. The van der Waals surface area contributed by atoms with Crippen LogP contribution in [0.5, 0.6) is 5.75 Å². The van der Waals surface area contributed by atoms with E-state index < -0.39 is 0 Å². The maximum Gasteiger partial charge on any atom is 0.118 e. The molecule has 3 nitrogen and oxygen atoms in total. The molecule has 0 saturated carbocycles. The molecule has 0 aliphatic carbocycles. The molecule has 0 N–H and O–H groups in total. The molecule has 116 valence electrons. The summed E-state index contributed by atoms with van der Waals surface area (Å²) in [6, 6.07) is 12.1. The van der Waals surface area contributed by atoms with Gasteiger partial charge in [0.25, 0.3) is 0 Å². The zero-order valence-corrected chi connectivity index (χ0v) is 13.3. The van der Waals surface area contributed by atoms with Crippen LogP contribution in [0.4, 0.5) is 0 Å². The second kappa shape index (κ2) is 7.54. The lowest BCUT2D eigenvalue weighted by molar-refractivity contribution is 0.415. The number of rotatable bonds is 4. The Morgan fingerprint density at radius 2 is 2.00 bits per heavy atom. The molecule has 3 rings (SSSR count). The van der Waals surface area contributed by atoms with Crippen molar-refractivity contribution in [3.8, 4) is 5.75 Å². The van der Waals surface area contributed by atoms with Crippen LogP contribution in [0.3, 0.4) is 0 Å². The normalized spacial score (nSPS) is 16.6. The molecule has 1 aromatic carbocycles. The molecule has 0 saturated heterocycles. The lowest BCUT2D eigenvalue weighted by Crippen LogP contribution is -2.11. The fraction of sp³-hybridized carbons (Fsp3) is 0.200. The first-order chi connectivity index (χ1) is 11.4. The van der Waals surface area contributed by atoms with Gasteiger partial charge in [0.15, 0.2) is 0 Å². The molecule has 2 aromatic rings. The van der Waals surface area contributed by atoms with Crippen molar-refractivity contribution in [2.24, 2.45) is 4.99 Å². The smallest absolute Gasteiger partial charge is 0.118 e.